The highest BCUT2D eigenvalue weighted by Gasteiger charge is 2.16. The molecule has 0 aliphatic rings. The van der Waals surface area contributed by atoms with Crippen LogP contribution < -0.4 is 20.6 Å². The monoisotopic (exact) mass is 380 g/mol. The highest BCUT2D eigenvalue weighted by molar-refractivity contribution is 6.06. The number of rotatable bonds is 6. The van der Waals surface area contributed by atoms with E-state index in [1.807, 2.05) is 31.2 Å². The van der Waals surface area contributed by atoms with Crippen LogP contribution in [-0.2, 0) is 0 Å². The highest BCUT2D eigenvalue weighted by Crippen LogP contribution is 2.26. The predicted octanol–water partition coefficient (Wildman–Crippen LogP) is 4.21. The predicted molar refractivity (Wildman–Crippen MR) is 112 cm³/mol. The van der Waals surface area contributed by atoms with E-state index in [4.69, 9.17) is 9.15 Å². The molecule has 0 atom stereocenters. The lowest BCUT2D eigenvalue weighted by Crippen LogP contribution is -2.22. The summed E-state index contributed by atoms with van der Waals surface area (Å²) in [6.07, 6.45) is 0. The molecule has 146 valence electrons. The summed E-state index contributed by atoms with van der Waals surface area (Å²) in [6, 6.07) is 12.6. The number of benzene rings is 2. The van der Waals surface area contributed by atoms with Crippen molar-refractivity contribution in [1.82, 2.24) is 0 Å². The van der Waals surface area contributed by atoms with Crippen molar-refractivity contribution < 1.29 is 13.9 Å². The molecule has 1 amide bonds. The third-order valence-corrected chi connectivity index (χ3v) is 4.70. The maximum atomic E-state index is 12.7. The van der Waals surface area contributed by atoms with Crippen LogP contribution in [0.4, 0.5) is 11.4 Å². The zero-order valence-electron chi connectivity index (χ0n) is 16.5. The Morgan fingerprint density at radius 3 is 2.54 bits per heavy atom. The number of fused-ring (bicyclic) bond motifs is 1. The fraction of sp³-hybridized carbons (Fsp3) is 0.273. The molecule has 0 bridgehead atoms. The summed E-state index contributed by atoms with van der Waals surface area (Å²) >= 11 is 0. The van der Waals surface area contributed by atoms with Crippen molar-refractivity contribution in [2.24, 2.45) is 0 Å². The Bertz CT molecular complexity index is 1070. The van der Waals surface area contributed by atoms with E-state index < -0.39 is 11.5 Å². The molecule has 0 unspecified atom stereocenters. The lowest BCUT2D eigenvalue weighted by molar-refractivity contribution is 0.102. The number of carbonyl (C=O) groups is 1. The Morgan fingerprint density at radius 2 is 1.86 bits per heavy atom. The zero-order chi connectivity index (χ0) is 20.3. The molecule has 1 N–H and O–H groups in total. The van der Waals surface area contributed by atoms with Gasteiger partial charge in [0.15, 0.2) is 0 Å². The third kappa shape index (κ3) is 3.86. The molecule has 0 fully saturated rings. The van der Waals surface area contributed by atoms with Crippen LogP contribution in [0.1, 0.15) is 29.8 Å². The van der Waals surface area contributed by atoms with Gasteiger partial charge < -0.3 is 19.4 Å². The average Bonchev–Trinajstić information content (AvgIpc) is 2.68. The number of ether oxygens (including phenoxy) is 1. The van der Waals surface area contributed by atoms with E-state index >= 15 is 0 Å². The van der Waals surface area contributed by atoms with Gasteiger partial charge >= 0.3 is 5.63 Å². The number of carbonyl (C=O) groups excluding carboxylic acids is 1. The molecule has 0 saturated heterocycles. The van der Waals surface area contributed by atoms with Crippen LogP contribution in [0, 0.1) is 6.92 Å². The number of methoxy groups -OCH3 is 1. The van der Waals surface area contributed by atoms with Gasteiger partial charge in [-0.25, -0.2) is 4.79 Å². The van der Waals surface area contributed by atoms with Crippen molar-refractivity contribution in [3.05, 3.63) is 64.0 Å². The summed E-state index contributed by atoms with van der Waals surface area (Å²) in [5.74, 6) is -0.0136. The SMILES string of the molecule is CCN(CC)c1ccc2cc(C(=O)Nc3cc(C)ccc3OC)c(=O)oc2c1. The van der Waals surface area contributed by atoms with E-state index in [2.05, 4.69) is 24.1 Å². The minimum atomic E-state index is -0.673. The Labute approximate surface area is 163 Å². The number of hydrogen-bond donors (Lipinski definition) is 1. The summed E-state index contributed by atoms with van der Waals surface area (Å²) in [7, 11) is 1.53. The molecule has 1 heterocycles. The van der Waals surface area contributed by atoms with Gasteiger partial charge in [0, 0.05) is 30.2 Å². The largest absolute Gasteiger partial charge is 0.495 e. The Kier molecular flexibility index (Phi) is 5.68. The minimum absolute atomic E-state index is 0.0494. The third-order valence-electron chi connectivity index (χ3n) is 4.70. The molecule has 6 heteroatoms. The van der Waals surface area contributed by atoms with Gasteiger partial charge in [-0.15, -0.1) is 0 Å². The van der Waals surface area contributed by atoms with Crippen molar-refractivity contribution in [2.75, 3.05) is 30.4 Å². The van der Waals surface area contributed by atoms with Crippen molar-refractivity contribution in [1.29, 1.82) is 0 Å². The number of aryl methyl sites for hydroxylation is 1. The second kappa shape index (κ2) is 8.17. The van der Waals surface area contributed by atoms with Crippen molar-refractivity contribution in [3.63, 3.8) is 0 Å². The smallest absolute Gasteiger partial charge is 0.349 e. The number of anilines is 2. The molecule has 6 nitrogen and oxygen atoms in total. The van der Waals surface area contributed by atoms with E-state index in [0.29, 0.717) is 22.4 Å². The quantitative estimate of drug-likeness (QED) is 0.649. The summed E-state index contributed by atoms with van der Waals surface area (Å²) in [5.41, 5.74) is 2.18. The maximum Gasteiger partial charge on any atom is 0.349 e. The minimum Gasteiger partial charge on any atom is -0.495 e. The summed E-state index contributed by atoms with van der Waals surface area (Å²) < 4.78 is 10.7. The molecule has 3 rings (SSSR count). The second-order valence-corrected chi connectivity index (χ2v) is 6.50. The standard InChI is InChI=1S/C22H24N2O4/c1-5-24(6-2)16-9-8-15-12-17(22(26)28-20(15)13-16)21(25)23-18-11-14(3)7-10-19(18)27-4/h7-13H,5-6H2,1-4H3,(H,23,25). The number of nitrogens with one attached hydrogen (secondary N) is 1. The van der Waals surface area contributed by atoms with Gasteiger partial charge in [0.25, 0.3) is 5.91 Å². The first-order valence-corrected chi connectivity index (χ1v) is 9.25. The fourth-order valence-electron chi connectivity index (χ4n) is 3.15. The Balaban J connectivity index is 1.96. The molecular formula is C22H24N2O4. The molecular weight excluding hydrogens is 356 g/mol. The maximum absolute atomic E-state index is 12.7. The average molecular weight is 380 g/mol. The first-order chi connectivity index (χ1) is 13.5. The van der Waals surface area contributed by atoms with E-state index in [0.717, 1.165) is 24.3 Å². The molecule has 2 aromatic carbocycles. The summed E-state index contributed by atoms with van der Waals surface area (Å²) in [4.78, 5) is 27.3. The van der Waals surface area contributed by atoms with Gasteiger partial charge in [-0.2, -0.15) is 0 Å². The van der Waals surface area contributed by atoms with E-state index in [1.54, 1.807) is 18.2 Å². The first-order valence-electron chi connectivity index (χ1n) is 9.25. The van der Waals surface area contributed by atoms with Gasteiger partial charge in [-0.3, -0.25) is 4.79 Å². The topological polar surface area (TPSA) is 71.8 Å². The lowest BCUT2D eigenvalue weighted by atomic mass is 10.1. The Hall–Kier alpha value is -3.28. The van der Waals surface area contributed by atoms with Crippen LogP contribution in [0.2, 0.25) is 0 Å². The van der Waals surface area contributed by atoms with Crippen LogP contribution in [0.3, 0.4) is 0 Å². The molecule has 0 radical (unpaired) electrons. The van der Waals surface area contributed by atoms with Gasteiger partial charge in [0.05, 0.1) is 12.8 Å². The lowest BCUT2D eigenvalue weighted by Gasteiger charge is -2.21. The van der Waals surface area contributed by atoms with Crippen molar-refractivity contribution in [2.45, 2.75) is 20.8 Å². The molecule has 1 aromatic heterocycles. The molecule has 0 spiro atoms. The highest BCUT2D eigenvalue weighted by atomic mass is 16.5. The Morgan fingerprint density at radius 1 is 1.11 bits per heavy atom. The van der Waals surface area contributed by atoms with E-state index in [9.17, 15) is 9.59 Å². The van der Waals surface area contributed by atoms with Crippen LogP contribution >= 0.6 is 0 Å². The molecule has 0 saturated carbocycles. The van der Waals surface area contributed by atoms with Crippen LogP contribution in [0.15, 0.2) is 51.7 Å². The summed E-state index contributed by atoms with van der Waals surface area (Å²) in [6.45, 7) is 7.75. The molecule has 0 aliphatic carbocycles. The van der Waals surface area contributed by atoms with Crippen LogP contribution in [-0.4, -0.2) is 26.1 Å². The van der Waals surface area contributed by atoms with Gasteiger partial charge in [0.1, 0.15) is 16.9 Å². The normalized spacial score (nSPS) is 10.7. The van der Waals surface area contributed by atoms with Crippen LogP contribution in [0.5, 0.6) is 5.75 Å². The van der Waals surface area contributed by atoms with E-state index in [1.165, 1.54) is 7.11 Å². The first kappa shape index (κ1) is 19.5. The second-order valence-electron chi connectivity index (χ2n) is 6.50. The fourth-order valence-corrected chi connectivity index (χ4v) is 3.15. The number of amides is 1. The number of hydrogen-bond acceptors (Lipinski definition) is 5. The summed E-state index contributed by atoms with van der Waals surface area (Å²) in [5, 5.41) is 3.43. The van der Waals surface area contributed by atoms with Gasteiger partial charge in [-0.05, 0) is 56.7 Å². The van der Waals surface area contributed by atoms with Crippen molar-refractivity contribution in [3.8, 4) is 5.75 Å². The zero-order valence-corrected chi connectivity index (χ0v) is 16.5. The molecule has 28 heavy (non-hydrogen) atoms. The molecule has 3 aromatic rings. The van der Waals surface area contributed by atoms with Crippen molar-refractivity contribution >= 4 is 28.3 Å². The molecule has 0 aliphatic heterocycles. The van der Waals surface area contributed by atoms with Gasteiger partial charge in [-0.1, -0.05) is 6.07 Å². The van der Waals surface area contributed by atoms with Crippen LogP contribution in [0.25, 0.3) is 11.0 Å². The van der Waals surface area contributed by atoms with E-state index in [-0.39, 0.29) is 5.56 Å². The van der Waals surface area contributed by atoms with Gasteiger partial charge in [0.2, 0.25) is 0 Å². The number of nitrogens with zero attached hydrogens (tertiary/aromatic N) is 1.